The molecule has 2 aromatic carbocycles. The number of benzene rings is 2. The predicted molar refractivity (Wildman–Crippen MR) is 84.3 cm³/mol. The van der Waals surface area contributed by atoms with Gasteiger partial charge in [-0.3, -0.25) is 5.43 Å². The fraction of sp³-hybridized carbons (Fsp3) is 0.0667. The summed E-state index contributed by atoms with van der Waals surface area (Å²) in [6, 6.07) is 18.5. The van der Waals surface area contributed by atoms with Crippen molar-refractivity contribution in [1.82, 2.24) is 10.7 Å². The van der Waals surface area contributed by atoms with Crippen LogP contribution in [-0.4, -0.2) is 18.4 Å². The van der Waals surface area contributed by atoms with Crippen LogP contribution in [0.25, 0.3) is 11.1 Å². The number of hydrazone groups is 1. The third-order valence-electron chi connectivity index (χ3n) is 2.62. The highest BCUT2D eigenvalue weighted by atomic mass is 32.1. The molecule has 0 atom stereocenters. The molecule has 0 spiro atoms. The van der Waals surface area contributed by atoms with Gasteiger partial charge in [0.15, 0.2) is 5.11 Å². The average molecular weight is 269 g/mol. The lowest BCUT2D eigenvalue weighted by Gasteiger charge is -2.02. The number of nitrogens with one attached hydrogen (secondary N) is 2. The number of hydrogen-bond acceptors (Lipinski definition) is 2. The van der Waals surface area contributed by atoms with Crippen molar-refractivity contribution in [3.63, 3.8) is 0 Å². The van der Waals surface area contributed by atoms with Gasteiger partial charge in [-0.1, -0.05) is 54.6 Å². The molecule has 0 heterocycles. The van der Waals surface area contributed by atoms with Gasteiger partial charge in [-0.15, -0.1) is 0 Å². The van der Waals surface area contributed by atoms with Crippen LogP contribution in [0, 0.1) is 0 Å². The molecular formula is C15H15N3S. The highest BCUT2D eigenvalue weighted by Crippen LogP contribution is 2.18. The van der Waals surface area contributed by atoms with Crippen LogP contribution in [0.3, 0.4) is 0 Å². The average Bonchev–Trinajstić information content (AvgIpc) is 2.48. The molecule has 3 nitrogen and oxygen atoms in total. The Morgan fingerprint density at radius 1 is 1.00 bits per heavy atom. The van der Waals surface area contributed by atoms with E-state index in [1.807, 2.05) is 30.3 Å². The van der Waals surface area contributed by atoms with E-state index in [9.17, 15) is 0 Å². The summed E-state index contributed by atoms with van der Waals surface area (Å²) in [4.78, 5) is 0. The zero-order valence-electron chi connectivity index (χ0n) is 10.6. The molecule has 0 aliphatic carbocycles. The van der Waals surface area contributed by atoms with Gasteiger partial charge in [0.2, 0.25) is 0 Å². The SMILES string of the molecule is CNC(=S)N/N=C\c1ccc(-c2ccccc2)cc1. The topological polar surface area (TPSA) is 36.4 Å². The Hall–Kier alpha value is -2.20. The second-order valence-electron chi connectivity index (χ2n) is 3.94. The van der Waals surface area contributed by atoms with Gasteiger partial charge in [0.25, 0.3) is 0 Å². The molecule has 0 bridgehead atoms. The molecule has 2 aromatic rings. The van der Waals surface area contributed by atoms with Crippen molar-refractivity contribution >= 4 is 23.5 Å². The standard InChI is InChI=1S/C15H15N3S/c1-16-15(19)18-17-11-12-7-9-14(10-8-12)13-5-3-2-4-6-13/h2-11H,1H3,(H2,16,18,19)/b17-11-. The van der Waals surface area contributed by atoms with Gasteiger partial charge in [-0.05, 0) is 28.9 Å². The lowest BCUT2D eigenvalue weighted by atomic mass is 10.0. The van der Waals surface area contributed by atoms with Gasteiger partial charge >= 0.3 is 0 Å². The quantitative estimate of drug-likeness (QED) is 0.511. The molecule has 0 fully saturated rings. The molecule has 0 aliphatic heterocycles. The molecule has 0 saturated carbocycles. The molecule has 0 saturated heterocycles. The van der Waals surface area contributed by atoms with Gasteiger partial charge in [-0.2, -0.15) is 5.10 Å². The van der Waals surface area contributed by atoms with Crippen LogP contribution in [0.1, 0.15) is 5.56 Å². The second kappa shape index (κ2) is 6.66. The highest BCUT2D eigenvalue weighted by Gasteiger charge is 1.95. The van der Waals surface area contributed by atoms with Crippen molar-refractivity contribution in [1.29, 1.82) is 0 Å². The maximum atomic E-state index is 4.92. The molecule has 0 aromatic heterocycles. The van der Waals surface area contributed by atoms with E-state index in [4.69, 9.17) is 12.2 Å². The molecule has 0 aliphatic rings. The minimum absolute atomic E-state index is 0.497. The van der Waals surface area contributed by atoms with Crippen molar-refractivity contribution in [2.75, 3.05) is 7.05 Å². The Bertz CT molecular complexity index is 562. The van der Waals surface area contributed by atoms with E-state index in [-0.39, 0.29) is 0 Å². The lowest BCUT2D eigenvalue weighted by molar-refractivity contribution is 0.982. The maximum Gasteiger partial charge on any atom is 0.186 e. The van der Waals surface area contributed by atoms with Crippen molar-refractivity contribution < 1.29 is 0 Å². The van der Waals surface area contributed by atoms with E-state index < -0.39 is 0 Å². The van der Waals surface area contributed by atoms with Gasteiger partial charge in [0, 0.05) is 7.05 Å². The normalized spacial score (nSPS) is 10.4. The van der Waals surface area contributed by atoms with Crippen LogP contribution in [-0.2, 0) is 0 Å². The third kappa shape index (κ3) is 3.89. The highest BCUT2D eigenvalue weighted by molar-refractivity contribution is 7.80. The zero-order valence-corrected chi connectivity index (χ0v) is 11.4. The van der Waals surface area contributed by atoms with Crippen LogP contribution in [0.2, 0.25) is 0 Å². The summed E-state index contributed by atoms with van der Waals surface area (Å²) in [6.07, 6.45) is 1.73. The smallest absolute Gasteiger partial charge is 0.186 e. The first-order valence-corrected chi connectivity index (χ1v) is 6.36. The minimum Gasteiger partial charge on any atom is -0.364 e. The molecule has 96 valence electrons. The molecule has 0 unspecified atom stereocenters. The van der Waals surface area contributed by atoms with E-state index in [1.165, 1.54) is 11.1 Å². The van der Waals surface area contributed by atoms with E-state index in [2.05, 4.69) is 40.1 Å². The van der Waals surface area contributed by atoms with Crippen LogP contribution < -0.4 is 10.7 Å². The Morgan fingerprint density at radius 2 is 1.63 bits per heavy atom. The minimum atomic E-state index is 0.497. The number of nitrogens with zero attached hydrogens (tertiary/aromatic N) is 1. The summed E-state index contributed by atoms with van der Waals surface area (Å²) < 4.78 is 0. The van der Waals surface area contributed by atoms with E-state index in [1.54, 1.807) is 13.3 Å². The molecular weight excluding hydrogens is 254 g/mol. The Balaban J connectivity index is 2.05. The van der Waals surface area contributed by atoms with E-state index in [0.717, 1.165) is 5.56 Å². The first-order chi connectivity index (χ1) is 9.29. The summed E-state index contributed by atoms with van der Waals surface area (Å²) in [6.45, 7) is 0. The van der Waals surface area contributed by atoms with Crippen molar-refractivity contribution in [2.24, 2.45) is 5.10 Å². The van der Waals surface area contributed by atoms with E-state index in [0.29, 0.717) is 5.11 Å². The first-order valence-electron chi connectivity index (χ1n) is 5.96. The second-order valence-corrected chi connectivity index (χ2v) is 4.35. The molecule has 0 radical (unpaired) electrons. The van der Waals surface area contributed by atoms with E-state index >= 15 is 0 Å². The molecule has 0 amide bonds. The Kier molecular flexibility index (Phi) is 4.64. The molecule has 4 heteroatoms. The van der Waals surface area contributed by atoms with Crippen LogP contribution in [0.15, 0.2) is 59.7 Å². The molecule has 2 N–H and O–H groups in total. The molecule has 2 rings (SSSR count). The zero-order chi connectivity index (χ0) is 13.5. The fourth-order valence-corrected chi connectivity index (χ4v) is 1.67. The van der Waals surface area contributed by atoms with Crippen LogP contribution >= 0.6 is 12.2 Å². The summed E-state index contributed by atoms with van der Waals surface area (Å²) in [5, 5.41) is 7.32. The predicted octanol–water partition coefficient (Wildman–Crippen LogP) is 2.78. The third-order valence-corrected chi connectivity index (χ3v) is 2.92. The van der Waals surface area contributed by atoms with Gasteiger partial charge in [0.05, 0.1) is 6.21 Å². The van der Waals surface area contributed by atoms with Crippen molar-refractivity contribution in [2.45, 2.75) is 0 Å². The van der Waals surface area contributed by atoms with Crippen LogP contribution in [0.5, 0.6) is 0 Å². The maximum absolute atomic E-state index is 4.92. The largest absolute Gasteiger partial charge is 0.364 e. The lowest BCUT2D eigenvalue weighted by Crippen LogP contribution is -2.28. The van der Waals surface area contributed by atoms with Crippen molar-refractivity contribution in [3.8, 4) is 11.1 Å². The monoisotopic (exact) mass is 269 g/mol. The van der Waals surface area contributed by atoms with Gasteiger partial charge in [0.1, 0.15) is 0 Å². The van der Waals surface area contributed by atoms with Gasteiger partial charge in [-0.25, -0.2) is 0 Å². The summed E-state index contributed by atoms with van der Waals surface area (Å²) in [5.74, 6) is 0. The summed E-state index contributed by atoms with van der Waals surface area (Å²) in [7, 11) is 1.75. The first kappa shape index (κ1) is 13.2. The number of hydrogen-bond donors (Lipinski definition) is 2. The van der Waals surface area contributed by atoms with Gasteiger partial charge < -0.3 is 5.32 Å². The fourth-order valence-electron chi connectivity index (χ4n) is 1.61. The molecule has 19 heavy (non-hydrogen) atoms. The number of thiocarbonyl (C=S) groups is 1. The summed E-state index contributed by atoms with van der Waals surface area (Å²) in [5.41, 5.74) is 6.14. The van der Waals surface area contributed by atoms with Crippen molar-refractivity contribution in [3.05, 3.63) is 60.2 Å². The summed E-state index contributed by atoms with van der Waals surface area (Å²) >= 11 is 4.92. The number of rotatable bonds is 3. The van der Waals surface area contributed by atoms with Crippen LogP contribution in [0.4, 0.5) is 0 Å². The Morgan fingerprint density at radius 3 is 2.26 bits per heavy atom. The Labute approximate surface area is 118 Å².